The molecule has 0 aliphatic rings. The summed E-state index contributed by atoms with van der Waals surface area (Å²) in [6.45, 7) is 7.88. The van der Waals surface area contributed by atoms with Gasteiger partial charge in [0.1, 0.15) is 0 Å². The zero-order valence-electron chi connectivity index (χ0n) is 21.8. The molecule has 0 fully saturated rings. The van der Waals surface area contributed by atoms with E-state index in [1.54, 1.807) is 16.4 Å². The lowest BCUT2D eigenvalue weighted by atomic mass is 10.1. The number of rotatable bonds is 9. The van der Waals surface area contributed by atoms with Crippen LogP contribution in [0.25, 0.3) is 0 Å². The highest BCUT2D eigenvalue weighted by Crippen LogP contribution is 2.03. The number of nitrogens with zero attached hydrogens (tertiary/aromatic N) is 9. The van der Waals surface area contributed by atoms with Crippen molar-refractivity contribution in [2.45, 2.75) is 33.4 Å². The van der Waals surface area contributed by atoms with E-state index in [0.717, 1.165) is 44.0 Å². The van der Waals surface area contributed by atoms with Gasteiger partial charge in [0.25, 0.3) is 0 Å². The second kappa shape index (κ2) is 16.6. The second-order valence-corrected chi connectivity index (χ2v) is 8.21. The summed E-state index contributed by atoms with van der Waals surface area (Å²) >= 11 is 0. The molecule has 0 aliphatic carbocycles. The molecular formula is C24H41N9O. The number of aryl methyl sites for hydroxylation is 3. The van der Waals surface area contributed by atoms with Crippen molar-refractivity contribution < 1.29 is 5.11 Å². The molecule has 0 amide bonds. The number of aliphatic hydroxyl groups excluding tert-OH is 1. The molecular weight excluding hydrogens is 430 g/mol. The van der Waals surface area contributed by atoms with Gasteiger partial charge in [-0.3, -0.25) is 19.3 Å². The van der Waals surface area contributed by atoms with Gasteiger partial charge >= 0.3 is 0 Å². The number of hydrogen-bond donors (Lipinski definition) is 1. The summed E-state index contributed by atoms with van der Waals surface area (Å²) < 4.78 is 3.40. The van der Waals surface area contributed by atoms with E-state index in [2.05, 4.69) is 61.4 Å². The van der Waals surface area contributed by atoms with Gasteiger partial charge in [-0.05, 0) is 45.1 Å². The minimum atomic E-state index is 0.274. The van der Waals surface area contributed by atoms with Crippen molar-refractivity contribution in [1.29, 1.82) is 0 Å². The van der Waals surface area contributed by atoms with Gasteiger partial charge in [0, 0.05) is 59.4 Å². The van der Waals surface area contributed by atoms with Crippen LogP contribution in [-0.2, 0) is 27.2 Å². The number of aromatic nitrogens is 6. The second-order valence-electron chi connectivity index (χ2n) is 8.21. The molecule has 2 heterocycles. The minimum absolute atomic E-state index is 0.274. The van der Waals surface area contributed by atoms with Crippen LogP contribution in [0.15, 0.2) is 41.7 Å². The summed E-state index contributed by atoms with van der Waals surface area (Å²) in [6, 6.07) is 8.19. The predicted octanol–water partition coefficient (Wildman–Crippen LogP) is 1.94. The number of hydrogen-bond acceptors (Lipinski definition) is 8. The zero-order valence-corrected chi connectivity index (χ0v) is 21.8. The van der Waals surface area contributed by atoms with Crippen LogP contribution in [-0.4, -0.2) is 91.9 Å². The van der Waals surface area contributed by atoms with Crippen LogP contribution in [0.2, 0.25) is 0 Å². The lowest BCUT2D eigenvalue weighted by molar-refractivity contribution is 0.222. The smallest absolute Gasteiger partial charge is 0.0967 e. The molecule has 1 N–H and O–H groups in total. The summed E-state index contributed by atoms with van der Waals surface area (Å²) in [5, 5.41) is 24.3. The van der Waals surface area contributed by atoms with Crippen LogP contribution in [0.3, 0.4) is 0 Å². The van der Waals surface area contributed by atoms with E-state index < -0.39 is 0 Å². The maximum absolute atomic E-state index is 8.42. The largest absolute Gasteiger partial charge is 0.395 e. The monoisotopic (exact) mass is 471 g/mol. The highest BCUT2D eigenvalue weighted by Gasteiger charge is 2.06. The van der Waals surface area contributed by atoms with Crippen molar-refractivity contribution >= 4 is 6.21 Å². The Bertz CT molecular complexity index is 903. The lowest BCUT2D eigenvalue weighted by Crippen LogP contribution is -2.22. The molecule has 10 heteroatoms. The van der Waals surface area contributed by atoms with Gasteiger partial charge in [0.15, 0.2) is 0 Å². The van der Waals surface area contributed by atoms with E-state index in [1.165, 1.54) is 11.1 Å². The first-order valence-electron chi connectivity index (χ1n) is 11.4. The maximum Gasteiger partial charge on any atom is 0.0967 e. The van der Waals surface area contributed by atoms with Gasteiger partial charge < -0.3 is 10.0 Å². The Morgan fingerprint density at radius 3 is 1.91 bits per heavy atom. The van der Waals surface area contributed by atoms with Gasteiger partial charge in [0.2, 0.25) is 0 Å². The standard InChI is InChI=1S/C9H15N7.C9H11N.C6H15NO/c1-14(4-8-6-15(2)12-10-8)5-9-7-16(3)13-11-9;1-8-5-3-4-6-9(8)7-10-2;1-3-4-7(2)5-6-8/h6-7H,4-5H2,1-3H3;3-7H,1-2H3;8H,3-6H2,1-2H3. The van der Waals surface area contributed by atoms with Gasteiger partial charge in [-0.2, -0.15) is 0 Å². The molecule has 0 saturated carbocycles. The molecule has 2 aromatic heterocycles. The summed E-state index contributed by atoms with van der Waals surface area (Å²) in [4.78, 5) is 8.17. The summed E-state index contributed by atoms with van der Waals surface area (Å²) in [6.07, 6.45) is 6.85. The quantitative estimate of drug-likeness (QED) is 0.476. The molecule has 3 rings (SSSR count). The fraction of sp³-hybridized carbons (Fsp3) is 0.542. The average Bonchev–Trinajstić information content (AvgIpc) is 3.38. The topological polar surface area (TPSA) is 100 Å². The summed E-state index contributed by atoms with van der Waals surface area (Å²) in [7, 11) is 9.54. The van der Waals surface area contributed by atoms with E-state index in [0.29, 0.717) is 0 Å². The highest BCUT2D eigenvalue weighted by atomic mass is 16.3. The third-order valence-corrected chi connectivity index (χ3v) is 4.71. The fourth-order valence-corrected chi connectivity index (χ4v) is 3.08. The first-order valence-corrected chi connectivity index (χ1v) is 11.4. The van der Waals surface area contributed by atoms with Crippen LogP contribution >= 0.6 is 0 Å². The first kappa shape index (κ1) is 29.1. The molecule has 34 heavy (non-hydrogen) atoms. The van der Waals surface area contributed by atoms with Crippen molar-refractivity contribution in [3.05, 3.63) is 59.2 Å². The van der Waals surface area contributed by atoms with Crippen LogP contribution in [0.4, 0.5) is 0 Å². The van der Waals surface area contributed by atoms with Crippen molar-refractivity contribution in [3.63, 3.8) is 0 Å². The van der Waals surface area contributed by atoms with Crippen molar-refractivity contribution in [1.82, 2.24) is 39.8 Å². The Morgan fingerprint density at radius 1 is 0.941 bits per heavy atom. The van der Waals surface area contributed by atoms with Crippen LogP contribution in [0.5, 0.6) is 0 Å². The van der Waals surface area contributed by atoms with E-state index in [1.807, 2.05) is 58.9 Å². The minimum Gasteiger partial charge on any atom is -0.395 e. The Morgan fingerprint density at radius 2 is 1.50 bits per heavy atom. The Hall–Kier alpha value is -2.95. The molecule has 3 aromatic rings. The van der Waals surface area contributed by atoms with E-state index in [-0.39, 0.29) is 6.61 Å². The molecule has 0 bridgehead atoms. The molecule has 188 valence electrons. The van der Waals surface area contributed by atoms with Crippen molar-refractivity contribution in [2.75, 3.05) is 40.8 Å². The molecule has 0 atom stereocenters. The summed E-state index contributed by atoms with van der Waals surface area (Å²) in [5.41, 5.74) is 4.38. The van der Waals surface area contributed by atoms with Gasteiger partial charge in [-0.25, -0.2) is 0 Å². The van der Waals surface area contributed by atoms with Crippen LogP contribution in [0.1, 0.15) is 35.9 Å². The average molecular weight is 472 g/mol. The predicted molar refractivity (Wildman–Crippen MR) is 137 cm³/mol. The Kier molecular flexibility index (Phi) is 14.2. The van der Waals surface area contributed by atoms with Gasteiger partial charge in [0.05, 0.1) is 18.0 Å². The maximum atomic E-state index is 8.42. The number of likely N-dealkylation sites (N-methyl/N-ethyl adjacent to an activating group) is 1. The Labute approximate surface area is 203 Å². The molecule has 0 radical (unpaired) electrons. The van der Waals surface area contributed by atoms with Crippen molar-refractivity contribution in [3.8, 4) is 0 Å². The zero-order chi connectivity index (χ0) is 25.3. The van der Waals surface area contributed by atoms with Crippen LogP contribution < -0.4 is 0 Å². The SMILES string of the molecule is CCCN(C)CCO.CN(Cc1cn(C)nn1)Cc1cn(C)nn1.CN=Cc1ccccc1C. The Balaban J connectivity index is 0.000000277. The van der Waals surface area contributed by atoms with Crippen LogP contribution in [0, 0.1) is 6.92 Å². The molecule has 10 nitrogen and oxygen atoms in total. The molecule has 0 spiro atoms. The van der Waals surface area contributed by atoms with E-state index >= 15 is 0 Å². The fourth-order valence-electron chi connectivity index (χ4n) is 3.08. The van der Waals surface area contributed by atoms with E-state index in [4.69, 9.17) is 5.11 Å². The molecule has 1 aromatic carbocycles. The first-order chi connectivity index (χ1) is 16.3. The molecule has 0 unspecified atom stereocenters. The third kappa shape index (κ3) is 12.3. The number of benzene rings is 1. The number of aliphatic hydroxyl groups is 1. The molecule has 0 saturated heterocycles. The highest BCUT2D eigenvalue weighted by molar-refractivity contribution is 5.81. The molecule has 0 aliphatic heterocycles. The van der Waals surface area contributed by atoms with E-state index in [9.17, 15) is 0 Å². The van der Waals surface area contributed by atoms with Crippen molar-refractivity contribution in [2.24, 2.45) is 19.1 Å². The number of aliphatic imine (C=N–C) groups is 1. The van der Waals surface area contributed by atoms with Gasteiger partial charge in [-0.15, -0.1) is 10.2 Å². The lowest BCUT2D eigenvalue weighted by Gasteiger charge is -2.12. The van der Waals surface area contributed by atoms with Gasteiger partial charge in [-0.1, -0.05) is 41.6 Å². The summed E-state index contributed by atoms with van der Waals surface area (Å²) in [5.74, 6) is 0. The third-order valence-electron chi connectivity index (χ3n) is 4.71. The normalized spacial score (nSPS) is 10.9.